The van der Waals surface area contributed by atoms with Crippen molar-refractivity contribution >= 4 is 22.5 Å². The number of pyridine rings is 1. The smallest absolute Gasteiger partial charge is 0.254 e. The second-order valence-electron chi connectivity index (χ2n) is 7.33. The highest BCUT2D eigenvalue weighted by molar-refractivity contribution is 6.16. The minimum absolute atomic E-state index is 0.0754. The molecular formula is C23H22N4O3. The Bertz CT molecular complexity index is 1210. The van der Waals surface area contributed by atoms with Crippen LogP contribution in [0.4, 0.5) is 0 Å². The summed E-state index contributed by atoms with van der Waals surface area (Å²) >= 11 is 0. The number of nitrogens with one attached hydrogen (secondary N) is 1. The first-order chi connectivity index (χ1) is 14.8. The van der Waals surface area contributed by atoms with Gasteiger partial charge in [-0.3, -0.25) is 4.79 Å². The highest BCUT2D eigenvalue weighted by atomic mass is 16.5. The third kappa shape index (κ3) is 3.17. The van der Waals surface area contributed by atoms with Gasteiger partial charge in [-0.05, 0) is 49.2 Å². The summed E-state index contributed by atoms with van der Waals surface area (Å²) in [6.45, 7) is 1.25. The maximum Gasteiger partial charge on any atom is 0.254 e. The van der Waals surface area contributed by atoms with Gasteiger partial charge < -0.3 is 19.2 Å². The topological polar surface area (TPSA) is 77.8 Å². The van der Waals surface area contributed by atoms with E-state index in [1.165, 1.54) is 6.33 Å². The van der Waals surface area contributed by atoms with Crippen LogP contribution in [0.3, 0.4) is 0 Å². The molecular weight excluding hydrogens is 380 g/mol. The highest BCUT2D eigenvalue weighted by Crippen LogP contribution is 2.33. The molecule has 0 radical (unpaired) electrons. The number of rotatable bonds is 5. The maximum atomic E-state index is 13.3. The van der Waals surface area contributed by atoms with E-state index in [9.17, 15) is 4.79 Å². The quantitative estimate of drug-likeness (QED) is 0.553. The molecule has 1 amide bonds. The Hall–Kier alpha value is -3.45. The van der Waals surface area contributed by atoms with E-state index in [1.807, 2.05) is 53.1 Å². The van der Waals surface area contributed by atoms with Crippen molar-refractivity contribution in [1.82, 2.24) is 19.7 Å². The number of methoxy groups -OCH3 is 1. The normalized spacial score (nSPS) is 16.2. The van der Waals surface area contributed by atoms with E-state index in [2.05, 4.69) is 15.3 Å². The summed E-state index contributed by atoms with van der Waals surface area (Å²) in [7, 11) is 1.63. The van der Waals surface area contributed by atoms with Gasteiger partial charge in [0.1, 0.15) is 17.7 Å². The van der Waals surface area contributed by atoms with Crippen molar-refractivity contribution in [2.45, 2.75) is 18.9 Å². The molecule has 0 aliphatic carbocycles. The monoisotopic (exact) mass is 402 g/mol. The fourth-order valence-corrected chi connectivity index (χ4v) is 4.05. The van der Waals surface area contributed by atoms with Crippen LogP contribution in [-0.2, 0) is 4.74 Å². The zero-order valence-electron chi connectivity index (χ0n) is 16.7. The first-order valence-electron chi connectivity index (χ1n) is 10.0. The molecule has 1 saturated heterocycles. The summed E-state index contributed by atoms with van der Waals surface area (Å²) < 4.78 is 12.9. The second-order valence-corrected chi connectivity index (χ2v) is 7.33. The largest absolute Gasteiger partial charge is 0.497 e. The molecule has 1 N–H and O–H groups in total. The Morgan fingerprint density at radius 1 is 1.23 bits per heavy atom. The van der Waals surface area contributed by atoms with E-state index in [-0.39, 0.29) is 12.0 Å². The van der Waals surface area contributed by atoms with Crippen LogP contribution in [0, 0.1) is 0 Å². The average Bonchev–Trinajstić information content (AvgIpc) is 3.43. The first kappa shape index (κ1) is 18.6. The minimum atomic E-state index is -0.145. The number of hydrogen-bond acceptors (Lipinski definition) is 5. The van der Waals surface area contributed by atoms with Crippen molar-refractivity contribution < 1.29 is 14.3 Å². The molecule has 4 heterocycles. The lowest BCUT2D eigenvalue weighted by atomic mass is 10.0. The molecule has 3 aromatic heterocycles. The van der Waals surface area contributed by atoms with Gasteiger partial charge in [0.05, 0.1) is 35.4 Å². The number of aromatic nitrogens is 3. The number of benzene rings is 1. The summed E-state index contributed by atoms with van der Waals surface area (Å²) in [5.41, 5.74) is 3.69. The first-order valence-corrected chi connectivity index (χ1v) is 10.0. The van der Waals surface area contributed by atoms with Gasteiger partial charge >= 0.3 is 0 Å². The number of carbonyl (C=O) groups excluding carboxylic acids is 1. The highest BCUT2D eigenvalue weighted by Gasteiger charge is 2.24. The standard InChI is InChI=1S/C23H22N4O3/c1-29-16-9-7-15(8-10-16)21-20-19(23(28)24-13-17-5-4-12-30-17)18-6-2-3-11-27(18)22(20)26-14-25-21/h2-3,6-11,14,17H,4-5,12-13H2,1H3,(H,24,28)/t17-/m1/s1. The molecule has 1 aliphatic rings. The number of nitrogens with zero attached hydrogens (tertiary/aromatic N) is 3. The number of ether oxygens (including phenoxy) is 2. The second kappa shape index (κ2) is 7.76. The number of amides is 1. The molecule has 1 aromatic carbocycles. The molecule has 4 aromatic rings. The summed E-state index contributed by atoms with van der Waals surface area (Å²) in [6.07, 6.45) is 5.53. The van der Waals surface area contributed by atoms with Crippen LogP contribution in [0.2, 0.25) is 0 Å². The van der Waals surface area contributed by atoms with E-state index >= 15 is 0 Å². The van der Waals surface area contributed by atoms with Gasteiger partial charge in [0.15, 0.2) is 0 Å². The van der Waals surface area contributed by atoms with Crippen molar-refractivity contribution in [1.29, 1.82) is 0 Å². The van der Waals surface area contributed by atoms with Crippen LogP contribution < -0.4 is 10.1 Å². The van der Waals surface area contributed by atoms with Crippen molar-refractivity contribution in [3.8, 4) is 17.0 Å². The molecule has 30 heavy (non-hydrogen) atoms. The van der Waals surface area contributed by atoms with Crippen molar-refractivity contribution in [3.63, 3.8) is 0 Å². The summed E-state index contributed by atoms with van der Waals surface area (Å²) in [5, 5.41) is 3.79. The zero-order chi connectivity index (χ0) is 20.5. The molecule has 0 bridgehead atoms. The lowest BCUT2D eigenvalue weighted by molar-refractivity contribution is 0.0860. The SMILES string of the molecule is COc1ccc(-c2ncnc3c2c(C(=O)NC[C@H]2CCCO2)c2ccccn23)cc1. The molecule has 0 saturated carbocycles. The van der Waals surface area contributed by atoms with Crippen LogP contribution in [0.1, 0.15) is 23.2 Å². The molecule has 0 spiro atoms. The van der Waals surface area contributed by atoms with Crippen LogP contribution in [0.25, 0.3) is 27.8 Å². The maximum absolute atomic E-state index is 13.3. The molecule has 7 nitrogen and oxygen atoms in total. The summed E-state index contributed by atoms with van der Waals surface area (Å²) in [4.78, 5) is 22.3. The van der Waals surface area contributed by atoms with Gasteiger partial charge in [0.2, 0.25) is 0 Å². The fraction of sp³-hybridized carbons (Fsp3) is 0.261. The molecule has 1 aliphatic heterocycles. The number of carbonyl (C=O) groups is 1. The lowest BCUT2D eigenvalue weighted by Crippen LogP contribution is -2.31. The van der Waals surface area contributed by atoms with Crippen molar-refractivity contribution in [3.05, 3.63) is 60.6 Å². The Kier molecular flexibility index (Phi) is 4.80. The molecule has 0 unspecified atom stereocenters. The van der Waals surface area contributed by atoms with E-state index in [1.54, 1.807) is 7.11 Å². The number of hydrogen-bond donors (Lipinski definition) is 1. The lowest BCUT2D eigenvalue weighted by Gasteiger charge is -2.11. The minimum Gasteiger partial charge on any atom is -0.497 e. The van der Waals surface area contributed by atoms with Gasteiger partial charge in [-0.25, -0.2) is 9.97 Å². The average molecular weight is 402 g/mol. The Morgan fingerprint density at radius 2 is 2.10 bits per heavy atom. The van der Waals surface area contributed by atoms with E-state index in [0.29, 0.717) is 23.4 Å². The number of fused-ring (bicyclic) bond motifs is 3. The zero-order valence-corrected chi connectivity index (χ0v) is 16.7. The van der Waals surface area contributed by atoms with Gasteiger partial charge in [0.25, 0.3) is 5.91 Å². The van der Waals surface area contributed by atoms with Gasteiger partial charge in [0, 0.05) is 24.9 Å². The van der Waals surface area contributed by atoms with E-state index in [4.69, 9.17) is 9.47 Å². The van der Waals surface area contributed by atoms with Crippen molar-refractivity contribution in [2.24, 2.45) is 0 Å². The molecule has 1 atom stereocenters. The predicted molar refractivity (Wildman–Crippen MR) is 114 cm³/mol. The van der Waals surface area contributed by atoms with E-state index < -0.39 is 0 Å². The van der Waals surface area contributed by atoms with Gasteiger partial charge in [-0.1, -0.05) is 6.07 Å². The molecule has 7 heteroatoms. The van der Waals surface area contributed by atoms with E-state index in [0.717, 1.165) is 41.7 Å². The van der Waals surface area contributed by atoms with Gasteiger partial charge in [-0.2, -0.15) is 0 Å². The van der Waals surface area contributed by atoms with Gasteiger partial charge in [-0.15, -0.1) is 0 Å². The molecule has 5 rings (SSSR count). The predicted octanol–water partition coefficient (Wildman–Crippen LogP) is 3.47. The van der Waals surface area contributed by atoms with Crippen LogP contribution in [0.5, 0.6) is 5.75 Å². The Labute approximate surface area is 173 Å². The third-order valence-electron chi connectivity index (χ3n) is 5.53. The van der Waals surface area contributed by atoms with Crippen LogP contribution in [-0.4, -0.2) is 46.6 Å². The summed E-state index contributed by atoms with van der Waals surface area (Å²) in [6, 6.07) is 13.4. The molecule has 1 fully saturated rings. The van der Waals surface area contributed by atoms with Crippen LogP contribution >= 0.6 is 0 Å². The van der Waals surface area contributed by atoms with Crippen LogP contribution in [0.15, 0.2) is 55.0 Å². The molecule has 152 valence electrons. The third-order valence-corrected chi connectivity index (χ3v) is 5.53. The van der Waals surface area contributed by atoms with Crippen molar-refractivity contribution in [2.75, 3.05) is 20.3 Å². The fourth-order valence-electron chi connectivity index (χ4n) is 4.05. The Morgan fingerprint density at radius 3 is 2.87 bits per heavy atom. The summed E-state index contributed by atoms with van der Waals surface area (Å²) in [5.74, 6) is 0.620. The Balaban J connectivity index is 1.65.